The number of hydrogen-bond acceptors (Lipinski definition) is 3. The lowest BCUT2D eigenvalue weighted by Gasteiger charge is -2.10. The third-order valence-electron chi connectivity index (χ3n) is 1.06. The van der Waals surface area contributed by atoms with E-state index in [1.54, 1.807) is 0 Å². The first kappa shape index (κ1) is 12.2. The standard InChI is InChI=1S/C5H8F3NO3S/c1-3(2)4(10)9-13(11,12)5(6,7)8/h3H,1-2H3,(H,9,10). The first-order chi connectivity index (χ1) is 5.58. The number of carbonyl (C=O) groups excluding carboxylic acids is 1. The van der Waals surface area contributed by atoms with Crippen LogP contribution in [-0.4, -0.2) is 19.8 Å². The summed E-state index contributed by atoms with van der Waals surface area (Å²) in [7, 11) is -5.54. The molecule has 0 aromatic carbocycles. The highest BCUT2D eigenvalue weighted by Gasteiger charge is 2.47. The van der Waals surface area contributed by atoms with Crippen LogP contribution in [0.4, 0.5) is 13.2 Å². The summed E-state index contributed by atoms with van der Waals surface area (Å²) >= 11 is 0. The average molecular weight is 219 g/mol. The SMILES string of the molecule is CC(C)C(=O)NS(=O)(=O)C(F)(F)F. The molecule has 0 unspecified atom stereocenters. The van der Waals surface area contributed by atoms with Gasteiger partial charge in [-0.1, -0.05) is 13.8 Å². The number of sulfonamides is 1. The van der Waals surface area contributed by atoms with Gasteiger partial charge >= 0.3 is 15.5 Å². The van der Waals surface area contributed by atoms with Crippen LogP contribution in [0.5, 0.6) is 0 Å². The largest absolute Gasteiger partial charge is 0.516 e. The van der Waals surface area contributed by atoms with Gasteiger partial charge in [0.15, 0.2) is 0 Å². The summed E-state index contributed by atoms with van der Waals surface area (Å²) in [4.78, 5) is 10.6. The summed E-state index contributed by atoms with van der Waals surface area (Å²) in [6, 6.07) is 0. The molecule has 0 fully saturated rings. The van der Waals surface area contributed by atoms with E-state index in [2.05, 4.69) is 0 Å². The van der Waals surface area contributed by atoms with Crippen LogP contribution < -0.4 is 4.72 Å². The van der Waals surface area contributed by atoms with Gasteiger partial charge in [0.2, 0.25) is 5.91 Å². The maximum Gasteiger partial charge on any atom is 0.516 e. The lowest BCUT2D eigenvalue weighted by molar-refractivity contribution is -0.122. The van der Waals surface area contributed by atoms with E-state index < -0.39 is 27.4 Å². The van der Waals surface area contributed by atoms with E-state index in [0.29, 0.717) is 0 Å². The fourth-order valence-corrected chi connectivity index (χ4v) is 0.924. The Morgan fingerprint density at radius 3 is 1.92 bits per heavy atom. The zero-order valence-electron chi connectivity index (χ0n) is 6.84. The Morgan fingerprint density at radius 1 is 1.31 bits per heavy atom. The normalized spacial score (nSPS) is 13.1. The van der Waals surface area contributed by atoms with Gasteiger partial charge in [-0.25, -0.2) is 4.72 Å². The van der Waals surface area contributed by atoms with Crippen LogP contribution >= 0.6 is 0 Å². The fraction of sp³-hybridized carbons (Fsp3) is 0.800. The molecule has 8 heteroatoms. The third kappa shape index (κ3) is 3.21. The highest BCUT2D eigenvalue weighted by molar-refractivity contribution is 7.90. The summed E-state index contributed by atoms with van der Waals surface area (Å²) < 4.78 is 56.5. The average Bonchev–Trinajstić information content (AvgIpc) is 1.83. The summed E-state index contributed by atoms with van der Waals surface area (Å²) in [5.41, 5.74) is -5.45. The van der Waals surface area contributed by atoms with Crippen molar-refractivity contribution in [2.24, 2.45) is 5.92 Å². The molecule has 0 heterocycles. The van der Waals surface area contributed by atoms with Gasteiger partial charge in [0.1, 0.15) is 0 Å². The monoisotopic (exact) mass is 219 g/mol. The minimum absolute atomic E-state index is 0.822. The zero-order chi connectivity index (χ0) is 10.9. The van der Waals surface area contributed by atoms with E-state index in [9.17, 15) is 26.4 Å². The summed E-state index contributed by atoms with van der Waals surface area (Å²) in [6.07, 6.45) is 0. The van der Waals surface area contributed by atoms with Crippen molar-refractivity contribution in [1.82, 2.24) is 4.72 Å². The molecule has 0 aliphatic carbocycles. The fourth-order valence-electron chi connectivity index (χ4n) is 0.308. The second kappa shape index (κ2) is 3.52. The number of nitrogens with one attached hydrogen (secondary N) is 1. The van der Waals surface area contributed by atoms with E-state index in [-0.39, 0.29) is 0 Å². The van der Waals surface area contributed by atoms with E-state index in [0.717, 1.165) is 4.72 Å². The second-order valence-electron chi connectivity index (χ2n) is 2.57. The minimum atomic E-state index is -5.54. The molecule has 0 atom stereocenters. The van der Waals surface area contributed by atoms with Gasteiger partial charge in [-0.3, -0.25) is 4.79 Å². The highest BCUT2D eigenvalue weighted by Crippen LogP contribution is 2.21. The van der Waals surface area contributed by atoms with Gasteiger partial charge in [0, 0.05) is 5.92 Å². The lowest BCUT2D eigenvalue weighted by Crippen LogP contribution is -2.41. The Labute approximate surface area is 73.2 Å². The number of hydrogen-bond donors (Lipinski definition) is 1. The summed E-state index contributed by atoms with van der Waals surface area (Å²) in [5.74, 6) is -2.01. The van der Waals surface area contributed by atoms with Crippen molar-refractivity contribution in [3.63, 3.8) is 0 Å². The molecule has 0 radical (unpaired) electrons. The molecular weight excluding hydrogens is 211 g/mol. The number of carbonyl (C=O) groups is 1. The molecule has 1 amide bonds. The van der Waals surface area contributed by atoms with Gasteiger partial charge < -0.3 is 0 Å². The lowest BCUT2D eigenvalue weighted by atomic mass is 10.2. The molecule has 0 rings (SSSR count). The van der Waals surface area contributed by atoms with Crippen molar-refractivity contribution in [3.05, 3.63) is 0 Å². The van der Waals surface area contributed by atoms with Crippen LogP contribution in [0.2, 0.25) is 0 Å². The molecule has 4 nitrogen and oxygen atoms in total. The molecular formula is C5H8F3NO3S. The molecule has 13 heavy (non-hydrogen) atoms. The molecule has 1 N–H and O–H groups in total. The number of rotatable bonds is 2. The van der Waals surface area contributed by atoms with Gasteiger partial charge in [0.05, 0.1) is 0 Å². The van der Waals surface area contributed by atoms with Gasteiger partial charge in [0.25, 0.3) is 0 Å². The number of halogens is 3. The van der Waals surface area contributed by atoms with Crippen LogP contribution in [0.3, 0.4) is 0 Å². The predicted octanol–water partition coefficient (Wildman–Crippen LogP) is 0.608. The second-order valence-corrected chi connectivity index (χ2v) is 4.24. The Kier molecular flexibility index (Phi) is 3.31. The van der Waals surface area contributed by atoms with Crippen LogP contribution in [0.15, 0.2) is 0 Å². The molecule has 0 aromatic rings. The molecule has 0 saturated carbocycles. The smallest absolute Gasteiger partial charge is 0.274 e. The van der Waals surface area contributed by atoms with E-state index >= 15 is 0 Å². The Hall–Kier alpha value is -0.790. The zero-order valence-corrected chi connectivity index (χ0v) is 7.66. The Bertz CT molecular complexity index is 293. The predicted molar refractivity (Wildman–Crippen MR) is 38.0 cm³/mol. The van der Waals surface area contributed by atoms with Crippen LogP contribution in [0, 0.1) is 5.92 Å². The molecule has 0 aliphatic rings. The molecule has 0 aromatic heterocycles. The molecule has 0 aliphatic heterocycles. The first-order valence-corrected chi connectivity index (χ1v) is 4.69. The number of amides is 1. The van der Waals surface area contributed by atoms with Crippen LogP contribution in [0.1, 0.15) is 13.8 Å². The van der Waals surface area contributed by atoms with Crippen molar-refractivity contribution in [2.45, 2.75) is 19.4 Å². The summed E-state index contributed by atoms with van der Waals surface area (Å²) in [6.45, 7) is 2.56. The molecule has 0 saturated heterocycles. The van der Waals surface area contributed by atoms with E-state index in [1.807, 2.05) is 0 Å². The van der Waals surface area contributed by atoms with Gasteiger partial charge in [-0.05, 0) is 0 Å². The van der Waals surface area contributed by atoms with Crippen molar-refractivity contribution in [1.29, 1.82) is 0 Å². The topological polar surface area (TPSA) is 63.2 Å². The Morgan fingerprint density at radius 2 is 1.69 bits per heavy atom. The first-order valence-electron chi connectivity index (χ1n) is 3.21. The van der Waals surface area contributed by atoms with E-state index in [1.165, 1.54) is 13.8 Å². The third-order valence-corrected chi connectivity index (χ3v) is 2.14. The van der Waals surface area contributed by atoms with Crippen LogP contribution in [0.25, 0.3) is 0 Å². The Balaban J connectivity index is 4.65. The van der Waals surface area contributed by atoms with E-state index in [4.69, 9.17) is 0 Å². The van der Waals surface area contributed by atoms with Crippen molar-refractivity contribution < 1.29 is 26.4 Å². The van der Waals surface area contributed by atoms with Crippen LogP contribution in [-0.2, 0) is 14.8 Å². The van der Waals surface area contributed by atoms with Gasteiger partial charge in [-0.15, -0.1) is 0 Å². The molecule has 0 spiro atoms. The van der Waals surface area contributed by atoms with Crippen molar-refractivity contribution in [2.75, 3.05) is 0 Å². The molecule has 78 valence electrons. The van der Waals surface area contributed by atoms with Crippen molar-refractivity contribution >= 4 is 15.9 Å². The summed E-state index contributed by atoms with van der Waals surface area (Å²) in [5, 5.41) is 0. The minimum Gasteiger partial charge on any atom is -0.274 e. The van der Waals surface area contributed by atoms with Crippen molar-refractivity contribution in [3.8, 4) is 0 Å². The molecule has 0 bridgehead atoms. The van der Waals surface area contributed by atoms with Gasteiger partial charge in [-0.2, -0.15) is 21.6 Å². The maximum absolute atomic E-state index is 11.7. The maximum atomic E-state index is 11.7. The quantitative estimate of drug-likeness (QED) is 0.740. The highest BCUT2D eigenvalue weighted by atomic mass is 32.2. The number of alkyl halides is 3.